The van der Waals surface area contributed by atoms with Crippen molar-refractivity contribution in [3.63, 3.8) is 0 Å². The summed E-state index contributed by atoms with van der Waals surface area (Å²) in [5.41, 5.74) is 0.939. The number of likely N-dealkylation sites (N-methyl/N-ethyl adjacent to an activating group) is 1. The molecule has 1 aliphatic heterocycles. The lowest BCUT2D eigenvalue weighted by molar-refractivity contribution is -0.137. The molecule has 2 heterocycles. The third kappa shape index (κ3) is 11.2. The number of anilines is 2. The highest BCUT2D eigenvalue weighted by molar-refractivity contribution is 6.02. The number of carbonyl (C=O) groups excluding carboxylic acids is 2. The molecular formula is C36H46F3N5O5. The van der Waals surface area contributed by atoms with Crippen LogP contribution in [0, 0.1) is 5.92 Å². The molecule has 0 spiro atoms. The molecule has 10 nitrogen and oxygen atoms in total. The van der Waals surface area contributed by atoms with Gasteiger partial charge >= 0.3 is 12.2 Å². The summed E-state index contributed by atoms with van der Waals surface area (Å²) in [5, 5.41) is 15.4. The Hall–Kier alpha value is -4.20. The average Bonchev–Trinajstić information content (AvgIpc) is 3.06. The summed E-state index contributed by atoms with van der Waals surface area (Å²) in [4.78, 5) is 35.0. The number of aromatic nitrogens is 1. The van der Waals surface area contributed by atoms with E-state index in [2.05, 4.69) is 20.5 Å². The van der Waals surface area contributed by atoms with Crippen LogP contribution >= 0.6 is 0 Å². The SMILES string of the molecule is C[C@@H]1CCCCO[C@H](CN(C)Cc2ccncc2)[C@H](C)CN([C@H](C)CO)C(=O)c2cc(NC(=O)Nc3ccc(C(F)(F)F)cc3)ccc2O1. The summed E-state index contributed by atoms with van der Waals surface area (Å²) in [6.45, 7) is 7.63. The molecule has 2 aromatic carbocycles. The van der Waals surface area contributed by atoms with E-state index in [1.54, 1.807) is 36.4 Å². The molecule has 0 fully saturated rings. The molecular weight excluding hydrogens is 639 g/mol. The molecule has 13 heteroatoms. The number of nitrogens with one attached hydrogen (secondary N) is 2. The minimum absolute atomic E-state index is 0.111. The number of aliphatic hydroxyl groups is 1. The van der Waals surface area contributed by atoms with E-state index in [1.165, 1.54) is 6.07 Å². The number of urea groups is 1. The number of aliphatic hydroxyl groups excluding tert-OH is 1. The predicted molar refractivity (Wildman–Crippen MR) is 182 cm³/mol. The van der Waals surface area contributed by atoms with Crippen molar-refractivity contribution in [1.29, 1.82) is 0 Å². The van der Waals surface area contributed by atoms with Crippen molar-refractivity contribution in [2.24, 2.45) is 5.92 Å². The Morgan fingerprint density at radius 2 is 1.73 bits per heavy atom. The zero-order chi connectivity index (χ0) is 35.6. The quantitative estimate of drug-likeness (QED) is 0.243. The lowest BCUT2D eigenvalue weighted by atomic mass is 10.0. The molecule has 49 heavy (non-hydrogen) atoms. The molecule has 3 aromatic rings. The average molecular weight is 686 g/mol. The first-order valence-corrected chi connectivity index (χ1v) is 16.5. The smallest absolute Gasteiger partial charge is 0.416 e. The summed E-state index contributed by atoms with van der Waals surface area (Å²) in [7, 11) is 2.03. The lowest BCUT2D eigenvalue weighted by Gasteiger charge is -2.36. The molecule has 0 aliphatic carbocycles. The predicted octanol–water partition coefficient (Wildman–Crippen LogP) is 6.67. The minimum Gasteiger partial charge on any atom is -0.490 e. The van der Waals surface area contributed by atoms with E-state index < -0.39 is 23.8 Å². The summed E-state index contributed by atoms with van der Waals surface area (Å²) >= 11 is 0. The van der Waals surface area contributed by atoms with E-state index in [0.29, 0.717) is 25.4 Å². The summed E-state index contributed by atoms with van der Waals surface area (Å²) in [6.07, 6.45) is 1.03. The second-order valence-electron chi connectivity index (χ2n) is 12.7. The van der Waals surface area contributed by atoms with Crippen molar-refractivity contribution in [1.82, 2.24) is 14.8 Å². The highest BCUT2D eigenvalue weighted by atomic mass is 19.4. The largest absolute Gasteiger partial charge is 0.490 e. The Labute approximate surface area is 285 Å². The number of nitrogens with zero attached hydrogens (tertiary/aromatic N) is 3. The Balaban J connectivity index is 1.57. The van der Waals surface area contributed by atoms with Crippen molar-refractivity contribution in [3.8, 4) is 5.75 Å². The number of hydrogen-bond acceptors (Lipinski definition) is 7. The van der Waals surface area contributed by atoms with Crippen molar-refractivity contribution in [2.45, 2.75) is 71.0 Å². The Morgan fingerprint density at radius 3 is 2.41 bits per heavy atom. The molecule has 0 saturated heterocycles. The standard InChI is InChI=1S/C36H46F3N5O5/c1-24-20-44(25(2)23-45)34(46)31-19-30(42-35(47)41-29-10-8-28(9-11-29)36(37,38)39)12-13-32(31)49-26(3)7-5-6-18-48-33(24)22-43(4)21-27-14-16-40-17-15-27/h8-17,19,24-26,33,45H,5-7,18,20-23H2,1-4H3,(H2,41,42,47)/t24-,25-,26-,33-/m1/s1. The monoisotopic (exact) mass is 685 g/mol. The van der Waals surface area contributed by atoms with E-state index in [-0.39, 0.29) is 54.1 Å². The molecule has 4 rings (SSSR count). The Bertz CT molecular complexity index is 1510. The maximum absolute atomic E-state index is 14.3. The topological polar surface area (TPSA) is 116 Å². The number of pyridine rings is 1. The van der Waals surface area contributed by atoms with Gasteiger partial charge in [-0.15, -0.1) is 0 Å². The van der Waals surface area contributed by atoms with Crippen molar-refractivity contribution in [3.05, 3.63) is 83.7 Å². The zero-order valence-corrected chi connectivity index (χ0v) is 28.4. The Morgan fingerprint density at radius 1 is 1.06 bits per heavy atom. The van der Waals surface area contributed by atoms with E-state index >= 15 is 0 Å². The van der Waals surface area contributed by atoms with Gasteiger partial charge in [-0.1, -0.05) is 6.92 Å². The van der Waals surface area contributed by atoms with Gasteiger partial charge in [0.2, 0.25) is 0 Å². The van der Waals surface area contributed by atoms with Crippen LogP contribution in [0.4, 0.5) is 29.3 Å². The molecule has 3 N–H and O–H groups in total. The number of benzene rings is 2. The fourth-order valence-electron chi connectivity index (χ4n) is 5.67. The van der Waals surface area contributed by atoms with Crippen molar-refractivity contribution < 1.29 is 37.3 Å². The third-order valence-electron chi connectivity index (χ3n) is 8.47. The number of hydrogen-bond donors (Lipinski definition) is 3. The van der Waals surface area contributed by atoms with Gasteiger partial charge in [0.25, 0.3) is 5.91 Å². The third-order valence-corrected chi connectivity index (χ3v) is 8.47. The van der Waals surface area contributed by atoms with Gasteiger partial charge < -0.3 is 30.1 Å². The Kier molecular flexibility index (Phi) is 13.4. The molecule has 0 radical (unpaired) electrons. The van der Waals surface area contributed by atoms with Gasteiger partial charge in [0.15, 0.2) is 0 Å². The molecule has 1 aliphatic rings. The van der Waals surface area contributed by atoms with Crippen LogP contribution in [0.2, 0.25) is 0 Å². The lowest BCUT2D eigenvalue weighted by Crippen LogP contribution is -2.47. The van der Waals surface area contributed by atoms with Crippen LogP contribution in [-0.2, 0) is 17.5 Å². The summed E-state index contributed by atoms with van der Waals surface area (Å²) < 4.78 is 51.5. The summed E-state index contributed by atoms with van der Waals surface area (Å²) in [6, 6.07) is 11.5. The molecule has 0 saturated carbocycles. The first-order chi connectivity index (χ1) is 23.3. The number of rotatable bonds is 8. The molecule has 0 bridgehead atoms. The van der Waals surface area contributed by atoms with E-state index in [4.69, 9.17) is 9.47 Å². The first-order valence-electron chi connectivity index (χ1n) is 16.5. The van der Waals surface area contributed by atoms with Crippen LogP contribution in [0.3, 0.4) is 0 Å². The van der Waals surface area contributed by atoms with Crippen LogP contribution in [0.1, 0.15) is 61.5 Å². The van der Waals surface area contributed by atoms with Crippen molar-refractivity contribution in [2.75, 3.05) is 44.0 Å². The summed E-state index contributed by atoms with van der Waals surface area (Å²) in [5.74, 6) is -0.154. The minimum atomic E-state index is -4.49. The second-order valence-corrected chi connectivity index (χ2v) is 12.7. The van der Waals surface area contributed by atoms with Gasteiger partial charge in [-0.05, 0) is 100 Å². The van der Waals surface area contributed by atoms with Crippen LogP contribution in [0.25, 0.3) is 0 Å². The first kappa shape index (κ1) is 37.6. The number of alkyl halides is 3. The van der Waals surface area contributed by atoms with Crippen LogP contribution in [0.5, 0.6) is 5.75 Å². The zero-order valence-electron chi connectivity index (χ0n) is 28.4. The second kappa shape index (κ2) is 17.5. The van der Waals surface area contributed by atoms with Gasteiger partial charge in [0.1, 0.15) is 5.75 Å². The highest BCUT2D eigenvalue weighted by Gasteiger charge is 2.31. The van der Waals surface area contributed by atoms with E-state index in [9.17, 15) is 27.9 Å². The number of ether oxygens (including phenoxy) is 2. The van der Waals surface area contributed by atoms with Gasteiger partial charge in [0.05, 0.1) is 36.0 Å². The van der Waals surface area contributed by atoms with Gasteiger partial charge in [0, 0.05) is 55.9 Å². The van der Waals surface area contributed by atoms with Crippen LogP contribution in [-0.4, -0.2) is 83.4 Å². The fraction of sp³-hybridized carbons (Fsp3) is 0.472. The molecule has 266 valence electrons. The number of carbonyl (C=O) groups is 2. The molecule has 0 unspecified atom stereocenters. The maximum atomic E-state index is 14.3. The van der Waals surface area contributed by atoms with Gasteiger partial charge in [-0.25, -0.2) is 4.79 Å². The fourth-order valence-corrected chi connectivity index (χ4v) is 5.67. The van der Waals surface area contributed by atoms with Gasteiger partial charge in [-0.3, -0.25) is 14.7 Å². The number of halogens is 3. The maximum Gasteiger partial charge on any atom is 0.416 e. The van der Waals surface area contributed by atoms with Crippen LogP contribution < -0.4 is 15.4 Å². The normalized spacial score (nSPS) is 20.1. The van der Waals surface area contributed by atoms with Crippen LogP contribution in [0.15, 0.2) is 67.0 Å². The molecule has 3 amide bonds. The molecule has 1 aromatic heterocycles. The van der Waals surface area contributed by atoms with Crippen molar-refractivity contribution >= 4 is 23.3 Å². The van der Waals surface area contributed by atoms with Gasteiger partial charge in [-0.2, -0.15) is 13.2 Å². The van der Waals surface area contributed by atoms with E-state index in [0.717, 1.165) is 49.1 Å². The molecule has 4 atom stereocenters. The van der Waals surface area contributed by atoms with E-state index in [1.807, 2.05) is 33.0 Å². The number of fused-ring (bicyclic) bond motifs is 1. The highest BCUT2D eigenvalue weighted by Crippen LogP contribution is 2.31. The number of amides is 3.